The van der Waals surface area contributed by atoms with Crippen LogP contribution in [0.15, 0.2) is 36.5 Å². The molecule has 2 aliphatic carbocycles. The second kappa shape index (κ2) is 12.7. The normalized spacial score (nSPS) is 18.5. The van der Waals surface area contributed by atoms with E-state index in [0.29, 0.717) is 0 Å². The Morgan fingerprint density at radius 3 is 1.44 bits per heavy atom. The van der Waals surface area contributed by atoms with Crippen molar-refractivity contribution in [3.8, 4) is 0 Å². The van der Waals surface area contributed by atoms with Gasteiger partial charge in [-0.2, -0.15) is 12.2 Å². The molecule has 0 aromatic rings. The minimum atomic E-state index is 0. The third-order valence-electron chi connectivity index (χ3n) is 2.00. The maximum absolute atomic E-state index is 4.94. The molecule has 0 aromatic carbocycles. The summed E-state index contributed by atoms with van der Waals surface area (Å²) in [6, 6.07) is 0. The van der Waals surface area contributed by atoms with Gasteiger partial charge < -0.3 is 4.74 Å². The zero-order valence-corrected chi connectivity index (χ0v) is 11.2. The average Bonchev–Trinajstić information content (AvgIpc) is 3.09. The molecule has 0 radical (unpaired) electrons. The molecule has 0 spiro atoms. The Labute approximate surface area is 114 Å². The quantitative estimate of drug-likeness (QED) is 0.473. The molecular formula is C14H18OTi. The second-order valence-corrected chi connectivity index (χ2v) is 3.33. The van der Waals surface area contributed by atoms with Crippen molar-refractivity contribution in [3.05, 3.63) is 48.6 Å². The van der Waals surface area contributed by atoms with E-state index in [9.17, 15) is 0 Å². The summed E-state index contributed by atoms with van der Waals surface area (Å²) in [4.78, 5) is 0. The summed E-state index contributed by atoms with van der Waals surface area (Å²) in [5.41, 5.74) is 0. The van der Waals surface area contributed by atoms with Crippen LogP contribution < -0.4 is 0 Å². The maximum Gasteiger partial charge on any atom is 2.00 e. The van der Waals surface area contributed by atoms with E-state index in [1.54, 1.807) is 0 Å². The molecule has 0 atom stereocenters. The summed E-state index contributed by atoms with van der Waals surface area (Å²) in [6.07, 6.45) is 22.6. The van der Waals surface area contributed by atoms with Crippen LogP contribution in [0.3, 0.4) is 0 Å². The van der Waals surface area contributed by atoms with Crippen LogP contribution >= 0.6 is 0 Å². The molecule has 0 unspecified atom stereocenters. The van der Waals surface area contributed by atoms with Crippen LogP contribution in [0.25, 0.3) is 0 Å². The van der Waals surface area contributed by atoms with E-state index in [1.165, 1.54) is 12.8 Å². The predicted octanol–water partition coefficient (Wildman–Crippen LogP) is 3.41. The van der Waals surface area contributed by atoms with Gasteiger partial charge in [0.15, 0.2) is 0 Å². The molecule has 16 heavy (non-hydrogen) atoms. The summed E-state index contributed by atoms with van der Waals surface area (Å²) >= 11 is 0. The molecule has 1 saturated heterocycles. The van der Waals surface area contributed by atoms with Crippen molar-refractivity contribution in [2.75, 3.05) is 13.2 Å². The van der Waals surface area contributed by atoms with Gasteiger partial charge in [0.1, 0.15) is 0 Å². The van der Waals surface area contributed by atoms with E-state index < -0.39 is 0 Å². The van der Waals surface area contributed by atoms with E-state index in [4.69, 9.17) is 4.74 Å². The number of allylic oxidation sites excluding steroid dienone is 8. The Bertz CT molecular complexity index is 198. The van der Waals surface area contributed by atoms with Crippen LogP contribution in [0.4, 0.5) is 0 Å². The molecule has 0 saturated carbocycles. The molecule has 1 nitrogen and oxygen atoms in total. The van der Waals surface area contributed by atoms with Gasteiger partial charge in [0.25, 0.3) is 0 Å². The first kappa shape index (κ1) is 15.6. The summed E-state index contributed by atoms with van der Waals surface area (Å²) in [5.74, 6) is 0. The molecular weight excluding hydrogens is 232 g/mol. The number of rotatable bonds is 0. The summed E-state index contributed by atoms with van der Waals surface area (Å²) in [7, 11) is 0. The first-order chi connectivity index (χ1) is 7.50. The molecule has 0 bridgehead atoms. The SMILES string of the molecule is C1CCOC1.[C-]1=CC=CC1.[C-]1=CC=CC1.[Ti+2]. The maximum atomic E-state index is 4.94. The Kier molecular flexibility index (Phi) is 12.4. The van der Waals surface area contributed by atoms with Crippen LogP contribution in [-0.4, -0.2) is 13.2 Å². The smallest absolute Gasteiger partial charge is 0.381 e. The Morgan fingerprint density at radius 1 is 0.812 bits per heavy atom. The van der Waals surface area contributed by atoms with Crippen molar-refractivity contribution in [2.45, 2.75) is 25.7 Å². The van der Waals surface area contributed by atoms with Gasteiger partial charge in [0.2, 0.25) is 0 Å². The molecule has 2 heteroatoms. The topological polar surface area (TPSA) is 9.23 Å². The Balaban J connectivity index is 0.000000205. The molecule has 0 amide bonds. The fourth-order valence-electron chi connectivity index (χ4n) is 1.19. The summed E-state index contributed by atoms with van der Waals surface area (Å²) in [5, 5.41) is 0. The van der Waals surface area contributed by atoms with Crippen molar-refractivity contribution in [3.63, 3.8) is 0 Å². The number of hydrogen-bond donors (Lipinski definition) is 0. The van der Waals surface area contributed by atoms with Crippen LogP contribution in [0.1, 0.15) is 25.7 Å². The van der Waals surface area contributed by atoms with Gasteiger partial charge in [-0.25, -0.2) is 24.3 Å². The zero-order valence-electron chi connectivity index (χ0n) is 9.61. The fourth-order valence-corrected chi connectivity index (χ4v) is 1.19. The molecule has 1 aliphatic heterocycles. The standard InChI is InChI=1S/2C5H5.C4H8O.Ti/c3*1-2-4-5-3-1;/h2*1-3H,4H2;1-4H2;/q2*-1;;+2. The van der Waals surface area contributed by atoms with Crippen LogP contribution in [-0.2, 0) is 26.5 Å². The van der Waals surface area contributed by atoms with E-state index >= 15 is 0 Å². The van der Waals surface area contributed by atoms with Crippen molar-refractivity contribution < 1.29 is 26.5 Å². The van der Waals surface area contributed by atoms with Gasteiger partial charge in [0.05, 0.1) is 0 Å². The predicted molar refractivity (Wildman–Crippen MR) is 63.2 cm³/mol. The molecule has 3 rings (SSSR count). The van der Waals surface area contributed by atoms with E-state index in [2.05, 4.69) is 24.3 Å². The van der Waals surface area contributed by atoms with Crippen molar-refractivity contribution in [1.29, 1.82) is 0 Å². The molecule has 1 heterocycles. The number of hydrogen-bond acceptors (Lipinski definition) is 1. The van der Waals surface area contributed by atoms with Gasteiger partial charge in [-0.05, 0) is 12.8 Å². The first-order valence-corrected chi connectivity index (χ1v) is 5.51. The largest absolute Gasteiger partial charge is 2.00 e. The monoisotopic (exact) mass is 250 g/mol. The number of ether oxygens (including phenoxy) is 1. The van der Waals surface area contributed by atoms with Gasteiger partial charge in [-0.1, -0.05) is 0 Å². The molecule has 84 valence electrons. The van der Waals surface area contributed by atoms with Crippen molar-refractivity contribution in [2.24, 2.45) is 0 Å². The van der Waals surface area contributed by atoms with Crippen LogP contribution in [0.5, 0.6) is 0 Å². The third kappa shape index (κ3) is 10.2. The Hall–Kier alpha value is -0.366. The fraction of sp³-hybridized carbons (Fsp3) is 0.429. The summed E-state index contributed by atoms with van der Waals surface area (Å²) in [6.45, 7) is 2.00. The van der Waals surface area contributed by atoms with Crippen molar-refractivity contribution in [1.82, 2.24) is 0 Å². The van der Waals surface area contributed by atoms with E-state index in [1.807, 2.05) is 24.3 Å². The molecule has 3 aliphatic rings. The van der Waals surface area contributed by atoms with E-state index in [-0.39, 0.29) is 21.7 Å². The third-order valence-corrected chi connectivity index (χ3v) is 2.00. The minimum absolute atomic E-state index is 0. The van der Waals surface area contributed by atoms with Crippen molar-refractivity contribution >= 4 is 0 Å². The van der Waals surface area contributed by atoms with E-state index in [0.717, 1.165) is 26.1 Å². The first-order valence-electron chi connectivity index (χ1n) is 5.51. The van der Waals surface area contributed by atoms with Gasteiger partial charge in [0, 0.05) is 13.2 Å². The minimum Gasteiger partial charge on any atom is -0.381 e. The summed E-state index contributed by atoms with van der Waals surface area (Å²) < 4.78 is 4.94. The van der Waals surface area contributed by atoms with Crippen LogP contribution in [0, 0.1) is 12.2 Å². The Morgan fingerprint density at radius 2 is 1.31 bits per heavy atom. The van der Waals surface area contributed by atoms with Gasteiger partial charge >= 0.3 is 21.7 Å². The second-order valence-electron chi connectivity index (χ2n) is 3.33. The molecule has 0 aromatic heterocycles. The average molecular weight is 250 g/mol. The van der Waals surface area contributed by atoms with Crippen LogP contribution in [0.2, 0.25) is 0 Å². The molecule has 1 fully saturated rings. The van der Waals surface area contributed by atoms with Gasteiger partial charge in [-0.15, -0.1) is 12.8 Å². The zero-order chi connectivity index (χ0) is 10.6. The van der Waals surface area contributed by atoms with Gasteiger partial charge in [-0.3, -0.25) is 12.2 Å². The molecule has 0 N–H and O–H groups in total.